The molecule has 0 aliphatic carbocycles. The van der Waals surface area contributed by atoms with E-state index < -0.39 is 23.7 Å². The van der Waals surface area contributed by atoms with Crippen LogP contribution in [0.3, 0.4) is 0 Å². The van der Waals surface area contributed by atoms with Gasteiger partial charge >= 0.3 is 5.97 Å². The SMILES string of the molecule is CCC1SCC(C(=O)O)N1C(=O)COc1ccccc1F. The molecule has 2 atom stereocenters. The summed E-state index contributed by atoms with van der Waals surface area (Å²) in [6.07, 6.45) is 0.653. The van der Waals surface area contributed by atoms with Crippen molar-refractivity contribution in [3.05, 3.63) is 30.1 Å². The predicted molar refractivity (Wildman–Crippen MR) is 76.7 cm³/mol. The molecule has 0 radical (unpaired) electrons. The van der Waals surface area contributed by atoms with Gasteiger partial charge in [0.05, 0.1) is 5.37 Å². The summed E-state index contributed by atoms with van der Waals surface area (Å²) in [4.78, 5) is 24.7. The van der Waals surface area contributed by atoms with E-state index in [9.17, 15) is 14.0 Å². The summed E-state index contributed by atoms with van der Waals surface area (Å²) in [5.41, 5.74) is 0. The first-order valence-electron chi connectivity index (χ1n) is 6.57. The van der Waals surface area contributed by atoms with E-state index in [1.807, 2.05) is 6.92 Å². The van der Waals surface area contributed by atoms with Crippen molar-refractivity contribution in [1.82, 2.24) is 4.90 Å². The molecule has 2 unspecified atom stereocenters. The van der Waals surface area contributed by atoms with Gasteiger partial charge in [0.15, 0.2) is 18.2 Å². The number of ether oxygens (including phenoxy) is 1. The fourth-order valence-corrected chi connectivity index (χ4v) is 3.55. The Labute approximate surface area is 126 Å². The largest absolute Gasteiger partial charge is 0.481 e. The Balaban J connectivity index is 2.04. The number of benzene rings is 1. The lowest BCUT2D eigenvalue weighted by Crippen LogP contribution is -2.47. The zero-order valence-corrected chi connectivity index (χ0v) is 12.3. The lowest BCUT2D eigenvalue weighted by atomic mass is 10.2. The standard InChI is InChI=1S/C14H16FNO4S/c1-2-13-16(10(8-21-13)14(18)19)12(17)7-20-11-6-4-3-5-9(11)15/h3-6,10,13H,2,7-8H2,1H3,(H,18,19). The number of hydrogen-bond acceptors (Lipinski definition) is 4. The quantitative estimate of drug-likeness (QED) is 0.900. The van der Waals surface area contributed by atoms with Crippen LogP contribution in [0.2, 0.25) is 0 Å². The summed E-state index contributed by atoms with van der Waals surface area (Å²) in [7, 11) is 0. The summed E-state index contributed by atoms with van der Waals surface area (Å²) in [6, 6.07) is 4.93. The Kier molecular flexibility index (Phi) is 5.06. The molecule has 1 aromatic carbocycles. The summed E-state index contributed by atoms with van der Waals surface area (Å²) in [6.45, 7) is 1.52. The molecule has 1 fully saturated rings. The first-order valence-corrected chi connectivity index (χ1v) is 7.62. The van der Waals surface area contributed by atoms with Crippen molar-refractivity contribution in [2.75, 3.05) is 12.4 Å². The third-order valence-electron chi connectivity index (χ3n) is 3.20. The topological polar surface area (TPSA) is 66.8 Å². The van der Waals surface area contributed by atoms with Crippen LogP contribution in [0.4, 0.5) is 4.39 Å². The van der Waals surface area contributed by atoms with Crippen LogP contribution in [0.15, 0.2) is 24.3 Å². The molecular weight excluding hydrogens is 297 g/mol. The highest BCUT2D eigenvalue weighted by Gasteiger charge is 2.40. The van der Waals surface area contributed by atoms with Gasteiger partial charge < -0.3 is 14.7 Å². The third kappa shape index (κ3) is 3.47. The van der Waals surface area contributed by atoms with Crippen LogP contribution in [0.5, 0.6) is 5.75 Å². The molecule has 1 saturated heterocycles. The van der Waals surface area contributed by atoms with Crippen LogP contribution < -0.4 is 4.74 Å². The maximum atomic E-state index is 13.4. The number of aliphatic carboxylic acids is 1. The number of carboxylic acid groups (broad SMARTS) is 1. The molecule has 1 aliphatic rings. The second kappa shape index (κ2) is 6.80. The maximum absolute atomic E-state index is 13.4. The summed E-state index contributed by atoms with van der Waals surface area (Å²) >= 11 is 1.43. The molecule has 5 nitrogen and oxygen atoms in total. The van der Waals surface area contributed by atoms with Crippen molar-refractivity contribution in [2.24, 2.45) is 0 Å². The molecule has 1 N–H and O–H groups in total. The number of nitrogens with zero attached hydrogens (tertiary/aromatic N) is 1. The monoisotopic (exact) mass is 313 g/mol. The Morgan fingerprint density at radius 1 is 1.48 bits per heavy atom. The summed E-state index contributed by atoms with van der Waals surface area (Å²) in [5.74, 6) is -1.68. The molecule has 0 bridgehead atoms. The highest BCUT2D eigenvalue weighted by Crippen LogP contribution is 2.31. The van der Waals surface area contributed by atoms with Crippen molar-refractivity contribution in [1.29, 1.82) is 0 Å². The molecule has 1 amide bonds. The van der Waals surface area contributed by atoms with Crippen LogP contribution in [0.25, 0.3) is 0 Å². The van der Waals surface area contributed by atoms with Gasteiger partial charge in [0, 0.05) is 5.75 Å². The molecule has 0 spiro atoms. The average Bonchev–Trinajstić information content (AvgIpc) is 2.90. The van der Waals surface area contributed by atoms with Gasteiger partial charge in [0.1, 0.15) is 6.04 Å². The number of carbonyl (C=O) groups is 2. The molecule has 1 heterocycles. The molecule has 21 heavy (non-hydrogen) atoms. The second-order valence-corrected chi connectivity index (χ2v) is 5.78. The molecule has 114 valence electrons. The number of amides is 1. The van der Waals surface area contributed by atoms with E-state index >= 15 is 0 Å². The van der Waals surface area contributed by atoms with Gasteiger partial charge in [-0.25, -0.2) is 9.18 Å². The zero-order valence-electron chi connectivity index (χ0n) is 11.5. The number of para-hydroxylation sites is 1. The Morgan fingerprint density at radius 3 is 2.81 bits per heavy atom. The second-order valence-electron chi connectivity index (χ2n) is 4.57. The predicted octanol–water partition coefficient (Wildman–Crippen LogP) is 1.97. The van der Waals surface area contributed by atoms with Gasteiger partial charge in [0.2, 0.25) is 0 Å². The number of hydrogen-bond donors (Lipinski definition) is 1. The van der Waals surface area contributed by atoms with E-state index in [4.69, 9.17) is 9.84 Å². The first kappa shape index (κ1) is 15.6. The van der Waals surface area contributed by atoms with Crippen molar-refractivity contribution in [2.45, 2.75) is 24.8 Å². The summed E-state index contributed by atoms with van der Waals surface area (Å²) in [5, 5.41) is 8.99. The van der Waals surface area contributed by atoms with Gasteiger partial charge in [-0.1, -0.05) is 19.1 Å². The van der Waals surface area contributed by atoms with Gasteiger partial charge in [0.25, 0.3) is 5.91 Å². The fraction of sp³-hybridized carbons (Fsp3) is 0.429. The number of halogens is 1. The van der Waals surface area contributed by atoms with Gasteiger partial charge in [-0.2, -0.15) is 0 Å². The first-order chi connectivity index (χ1) is 10.0. The molecule has 0 saturated carbocycles. The van der Waals surface area contributed by atoms with E-state index in [0.29, 0.717) is 12.2 Å². The van der Waals surface area contributed by atoms with Crippen LogP contribution in [-0.4, -0.2) is 45.7 Å². The van der Waals surface area contributed by atoms with Crippen molar-refractivity contribution in [3.63, 3.8) is 0 Å². The minimum atomic E-state index is -1.03. The lowest BCUT2D eigenvalue weighted by molar-refractivity contribution is -0.150. The normalized spacial score (nSPS) is 21.3. The van der Waals surface area contributed by atoms with Crippen molar-refractivity contribution < 1.29 is 23.8 Å². The van der Waals surface area contributed by atoms with E-state index in [2.05, 4.69) is 0 Å². The van der Waals surface area contributed by atoms with E-state index in [1.165, 1.54) is 34.9 Å². The molecule has 2 rings (SSSR count). The number of thioether (sulfide) groups is 1. The highest BCUT2D eigenvalue weighted by atomic mass is 32.2. The number of carbonyl (C=O) groups excluding carboxylic acids is 1. The van der Waals surface area contributed by atoms with Crippen LogP contribution in [0.1, 0.15) is 13.3 Å². The van der Waals surface area contributed by atoms with E-state index in [1.54, 1.807) is 6.07 Å². The van der Waals surface area contributed by atoms with Crippen molar-refractivity contribution in [3.8, 4) is 5.75 Å². The maximum Gasteiger partial charge on any atom is 0.327 e. The average molecular weight is 313 g/mol. The van der Waals surface area contributed by atoms with E-state index in [0.717, 1.165) is 0 Å². The Bertz CT molecular complexity index is 539. The van der Waals surface area contributed by atoms with Gasteiger partial charge in [-0.05, 0) is 18.6 Å². The Morgan fingerprint density at radius 2 is 2.19 bits per heavy atom. The molecule has 1 aliphatic heterocycles. The zero-order chi connectivity index (χ0) is 15.4. The van der Waals surface area contributed by atoms with Crippen LogP contribution in [0, 0.1) is 5.82 Å². The van der Waals surface area contributed by atoms with Gasteiger partial charge in [-0.3, -0.25) is 4.79 Å². The van der Waals surface area contributed by atoms with E-state index in [-0.39, 0.29) is 17.7 Å². The molecule has 1 aromatic rings. The molecule has 7 heteroatoms. The minimum absolute atomic E-state index is 0.0161. The third-order valence-corrected chi connectivity index (χ3v) is 4.66. The number of rotatable bonds is 5. The molecule has 0 aromatic heterocycles. The van der Waals surface area contributed by atoms with Crippen LogP contribution >= 0.6 is 11.8 Å². The van der Waals surface area contributed by atoms with Crippen LogP contribution in [-0.2, 0) is 9.59 Å². The van der Waals surface area contributed by atoms with Gasteiger partial charge in [-0.15, -0.1) is 11.8 Å². The molecular formula is C14H16FNO4S. The summed E-state index contributed by atoms with van der Waals surface area (Å²) < 4.78 is 18.6. The fourth-order valence-electron chi connectivity index (χ4n) is 2.18. The minimum Gasteiger partial charge on any atom is -0.481 e. The van der Waals surface area contributed by atoms with Crippen molar-refractivity contribution >= 4 is 23.6 Å². The number of carboxylic acids is 1. The highest BCUT2D eigenvalue weighted by molar-refractivity contribution is 8.00. The Hall–Kier alpha value is -1.76. The smallest absolute Gasteiger partial charge is 0.327 e. The lowest BCUT2D eigenvalue weighted by Gasteiger charge is -2.26.